The minimum atomic E-state index is -2.65. The highest BCUT2D eigenvalue weighted by Crippen LogP contribution is 2.34. The normalized spacial score (nSPS) is 21.5. The molecule has 3 aliphatic rings. The fourth-order valence-corrected chi connectivity index (χ4v) is 4.14. The summed E-state index contributed by atoms with van der Waals surface area (Å²) in [5.41, 5.74) is 2.51. The van der Waals surface area contributed by atoms with E-state index in [0.717, 1.165) is 36.7 Å². The van der Waals surface area contributed by atoms with Crippen LogP contribution in [0.2, 0.25) is 0 Å². The average molecular weight is 413 g/mol. The van der Waals surface area contributed by atoms with Gasteiger partial charge in [0.1, 0.15) is 5.75 Å². The Morgan fingerprint density at radius 2 is 1.87 bits per heavy atom. The number of aromatic nitrogens is 3. The standard InChI is InChI=1S/C21H21F2N5O2/c1-11(12-2-13(20(22)23)4-15(29)3-12)26-19-8-25-27-21-18(19)5-14(7-24-21)28-9-16-6-17(10-28)30-16/h2-5,7-8,11,16-17,20,29H,6,9-10H2,1H3,(H,24,26,27)/t11-,16?,17?/m1/s1. The molecule has 2 bridgehead atoms. The molecular weight excluding hydrogens is 392 g/mol. The Morgan fingerprint density at radius 3 is 2.60 bits per heavy atom. The summed E-state index contributed by atoms with van der Waals surface area (Å²) in [7, 11) is 0. The van der Waals surface area contributed by atoms with Crippen molar-refractivity contribution in [2.75, 3.05) is 23.3 Å². The van der Waals surface area contributed by atoms with Gasteiger partial charge in [0, 0.05) is 36.5 Å². The zero-order valence-electron chi connectivity index (χ0n) is 16.3. The van der Waals surface area contributed by atoms with Gasteiger partial charge in [-0.3, -0.25) is 0 Å². The second kappa shape index (κ2) is 7.32. The number of alkyl halides is 2. The number of morpholine rings is 1. The van der Waals surface area contributed by atoms with Gasteiger partial charge < -0.3 is 20.1 Å². The predicted octanol–water partition coefficient (Wildman–Crippen LogP) is 3.82. The highest BCUT2D eigenvalue weighted by atomic mass is 19.3. The summed E-state index contributed by atoms with van der Waals surface area (Å²) in [5, 5.41) is 22.0. The highest BCUT2D eigenvalue weighted by Gasteiger charge is 2.38. The first-order valence-electron chi connectivity index (χ1n) is 9.86. The number of hydrogen-bond acceptors (Lipinski definition) is 7. The third kappa shape index (κ3) is 3.49. The summed E-state index contributed by atoms with van der Waals surface area (Å²) in [6.45, 7) is 3.51. The van der Waals surface area contributed by atoms with Gasteiger partial charge >= 0.3 is 0 Å². The van der Waals surface area contributed by atoms with Gasteiger partial charge in [0.25, 0.3) is 6.43 Å². The molecule has 2 aromatic heterocycles. The number of pyridine rings is 1. The quantitative estimate of drug-likeness (QED) is 0.658. The molecule has 0 radical (unpaired) electrons. The number of nitrogens with one attached hydrogen (secondary N) is 1. The average Bonchev–Trinajstić information content (AvgIpc) is 2.72. The Bertz CT molecular complexity index is 1080. The van der Waals surface area contributed by atoms with E-state index >= 15 is 0 Å². The van der Waals surface area contributed by atoms with Crippen LogP contribution in [-0.2, 0) is 4.74 Å². The molecule has 7 nitrogen and oxygen atoms in total. The maximum atomic E-state index is 13.1. The SMILES string of the molecule is C[C@@H](Nc1cnnc2ncc(N3CC4CC(C3)O4)cc12)c1cc(O)cc(C(F)F)c1. The summed E-state index contributed by atoms with van der Waals surface area (Å²) in [4.78, 5) is 6.71. The number of nitrogens with zero attached hydrogens (tertiary/aromatic N) is 4. The van der Waals surface area contributed by atoms with Crippen molar-refractivity contribution in [2.24, 2.45) is 0 Å². The number of phenols is 1. The van der Waals surface area contributed by atoms with Crippen LogP contribution in [0, 0.1) is 0 Å². The van der Waals surface area contributed by atoms with Gasteiger partial charge in [-0.15, -0.1) is 5.10 Å². The van der Waals surface area contributed by atoms with Crippen LogP contribution in [-0.4, -0.2) is 45.6 Å². The van der Waals surface area contributed by atoms with Gasteiger partial charge in [-0.2, -0.15) is 5.10 Å². The van der Waals surface area contributed by atoms with Gasteiger partial charge in [0.15, 0.2) is 5.65 Å². The largest absolute Gasteiger partial charge is 0.508 e. The summed E-state index contributed by atoms with van der Waals surface area (Å²) in [6, 6.07) is 5.62. The third-order valence-electron chi connectivity index (χ3n) is 5.69. The van der Waals surface area contributed by atoms with E-state index in [4.69, 9.17) is 4.74 Å². The van der Waals surface area contributed by atoms with Crippen LogP contribution in [0.5, 0.6) is 5.75 Å². The van der Waals surface area contributed by atoms with E-state index in [9.17, 15) is 13.9 Å². The zero-order chi connectivity index (χ0) is 20.8. The Morgan fingerprint density at radius 1 is 1.13 bits per heavy atom. The Hall–Kier alpha value is -3.07. The molecule has 3 saturated heterocycles. The van der Waals surface area contributed by atoms with Gasteiger partial charge in [0.05, 0.1) is 36.0 Å². The fraction of sp³-hybridized carbons (Fsp3) is 0.381. The number of halogens is 2. The fourth-order valence-electron chi connectivity index (χ4n) is 4.14. The highest BCUT2D eigenvalue weighted by molar-refractivity contribution is 5.90. The first-order valence-corrected chi connectivity index (χ1v) is 9.86. The topological polar surface area (TPSA) is 83.4 Å². The van der Waals surface area contributed by atoms with E-state index in [2.05, 4.69) is 25.4 Å². The number of phenolic OH excluding ortho intramolecular Hbond substituents is 1. The second-order valence-corrected chi connectivity index (χ2v) is 7.87. The summed E-state index contributed by atoms with van der Waals surface area (Å²) >= 11 is 0. The van der Waals surface area contributed by atoms with Crippen LogP contribution in [0.4, 0.5) is 20.2 Å². The molecule has 5 heterocycles. The van der Waals surface area contributed by atoms with E-state index < -0.39 is 6.43 Å². The number of aromatic hydroxyl groups is 1. The van der Waals surface area contributed by atoms with Crippen LogP contribution in [0.1, 0.15) is 36.9 Å². The maximum absolute atomic E-state index is 13.1. The number of piperidine rings is 1. The summed E-state index contributed by atoms with van der Waals surface area (Å²) in [5.74, 6) is -0.191. The monoisotopic (exact) mass is 413 g/mol. The van der Waals surface area contributed by atoms with E-state index in [-0.39, 0.29) is 29.6 Å². The van der Waals surface area contributed by atoms with Crippen molar-refractivity contribution in [1.29, 1.82) is 0 Å². The first kappa shape index (κ1) is 18.9. The number of ether oxygens (including phenoxy) is 1. The lowest BCUT2D eigenvalue weighted by atomic mass is 9.98. The van der Waals surface area contributed by atoms with Crippen LogP contribution >= 0.6 is 0 Å². The maximum Gasteiger partial charge on any atom is 0.263 e. The van der Waals surface area contributed by atoms with Crippen molar-refractivity contribution in [3.8, 4) is 5.75 Å². The Labute approximate surface area is 171 Å². The molecule has 3 aliphatic heterocycles. The summed E-state index contributed by atoms with van der Waals surface area (Å²) in [6.07, 6.45) is 2.40. The van der Waals surface area contributed by atoms with Crippen LogP contribution < -0.4 is 10.2 Å². The Kier molecular flexibility index (Phi) is 4.62. The van der Waals surface area contributed by atoms with Gasteiger partial charge in [0.2, 0.25) is 0 Å². The first-order chi connectivity index (χ1) is 14.5. The zero-order valence-corrected chi connectivity index (χ0v) is 16.3. The molecule has 156 valence electrons. The molecular formula is C21H21F2N5O2. The molecule has 30 heavy (non-hydrogen) atoms. The van der Waals surface area contributed by atoms with Crippen molar-refractivity contribution in [1.82, 2.24) is 15.2 Å². The lowest BCUT2D eigenvalue weighted by Gasteiger charge is -2.47. The molecule has 3 aromatic rings. The van der Waals surface area contributed by atoms with Gasteiger partial charge in [-0.05, 0) is 36.8 Å². The number of hydrogen-bond donors (Lipinski definition) is 2. The molecule has 0 saturated carbocycles. The van der Waals surface area contributed by atoms with Gasteiger partial charge in [-0.25, -0.2) is 13.8 Å². The smallest absolute Gasteiger partial charge is 0.263 e. The second-order valence-electron chi connectivity index (χ2n) is 7.87. The van der Waals surface area contributed by atoms with Crippen molar-refractivity contribution in [3.05, 3.63) is 47.8 Å². The van der Waals surface area contributed by atoms with Crippen LogP contribution in [0.25, 0.3) is 11.0 Å². The minimum Gasteiger partial charge on any atom is -0.508 e. The van der Waals surface area contributed by atoms with Crippen molar-refractivity contribution < 1.29 is 18.6 Å². The number of rotatable bonds is 5. The Balaban J connectivity index is 1.44. The number of benzene rings is 1. The predicted molar refractivity (Wildman–Crippen MR) is 108 cm³/mol. The molecule has 6 rings (SSSR count). The third-order valence-corrected chi connectivity index (χ3v) is 5.69. The number of anilines is 2. The van der Waals surface area contributed by atoms with E-state index in [1.807, 2.05) is 13.0 Å². The van der Waals surface area contributed by atoms with Gasteiger partial charge in [-0.1, -0.05) is 0 Å². The van der Waals surface area contributed by atoms with Crippen molar-refractivity contribution in [3.63, 3.8) is 0 Å². The molecule has 3 fully saturated rings. The van der Waals surface area contributed by atoms with Crippen LogP contribution in [0.15, 0.2) is 36.7 Å². The molecule has 9 heteroatoms. The molecule has 2 N–H and O–H groups in total. The minimum absolute atomic E-state index is 0.191. The van der Waals surface area contributed by atoms with Crippen LogP contribution in [0.3, 0.4) is 0 Å². The van der Waals surface area contributed by atoms with E-state index in [0.29, 0.717) is 16.9 Å². The molecule has 0 aliphatic carbocycles. The lowest BCUT2D eigenvalue weighted by Crippen LogP contribution is -2.57. The molecule has 0 spiro atoms. The molecule has 2 unspecified atom stereocenters. The van der Waals surface area contributed by atoms with Crippen molar-refractivity contribution >= 4 is 22.4 Å². The lowest BCUT2D eigenvalue weighted by molar-refractivity contribution is -0.133. The summed E-state index contributed by atoms with van der Waals surface area (Å²) < 4.78 is 31.9. The van der Waals surface area contributed by atoms with E-state index in [1.165, 1.54) is 12.1 Å². The molecule has 1 aromatic carbocycles. The van der Waals surface area contributed by atoms with E-state index in [1.54, 1.807) is 12.4 Å². The molecule has 3 atom stereocenters. The number of fused-ring (bicyclic) bond motifs is 3. The van der Waals surface area contributed by atoms with Crippen molar-refractivity contribution in [2.45, 2.75) is 38.0 Å². The molecule has 0 amide bonds.